The van der Waals surface area contributed by atoms with Crippen molar-refractivity contribution in [2.24, 2.45) is 10.8 Å². The number of fused-ring (bicyclic) bond motifs is 3. The van der Waals surface area contributed by atoms with E-state index in [2.05, 4.69) is 76.2 Å². The van der Waals surface area contributed by atoms with Crippen LogP contribution in [-0.4, -0.2) is 15.9 Å². The summed E-state index contributed by atoms with van der Waals surface area (Å²) >= 11 is 0. The number of hydrogen-bond donors (Lipinski definition) is 1. The van der Waals surface area contributed by atoms with Crippen molar-refractivity contribution in [3.63, 3.8) is 0 Å². The third kappa shape index (κ3) is 7.93. The van der Waals surface area contributed by atoms with Crippen LogP contribution in [0.25, 0.3) is 32.8 Å². The molecule has 0 fully saturated rings. The van der Waals surface area contributed by atoms with E-state index in [9.17, 15) is 9.90 Å². The third-order valence-electron chi connectivity index (χ3n) is 8.34. The third-order valence-corrected chi connectivity index (χ3v) is 8.34. The molecule has 0 atom stereocenters. The largest absolute Gasteiger partial charge is 0.512 e. The molecule has 0 bridgehead atoms. The number of aromatic nitrogens is 1. The summed E-state index contributed by atoms with van der Waals surface area (Å²) in [5.74, 6) is 0.195. The molecule has 0 saturated carbocycles. The molecule has 0 unspecified atom stereocenters. The van der Waals surface area contributed by atoms with Crippen LogP contribution in [0.4, 0.5) is 0 Å². The number of carbonyl (C=O) groups is 1. The van der Waals surface area contributed by atoms with Crippen LogP contribution >= 0.6 is 0 Å². The quantitative estimate of drug-likeness (QED) is 0.0892. The molecular weight excluding hydrogens is 683 g/mol. The maximum atomic E-state index is 11.8. The Morgan fingerprint density at radius 1 is 0.902 bits per heavy atom. The first kappa shape index (κ1) is 34.4. The van der Waals surface area contributed by atoms with Crippen molar-refractivity contribution < 1.29 is 30.0 Å². The van der Waals surface area contributed by atoms with Crippen LogP contribution in [0.3, 0.4) is 0 Å². The average Bonchev–Trinajstić information content (AvgIpc) is 2.92. The number of allylic oxidation sites excluding steroid dienone is 2. The minimum atomic E-state index is -0.377. The Balaban J connectivity index is 0.000000320. The standard InChI is InChI=1S/C24H22N.C13H24O2.Ir/c1-5-18-6-7-22-19(14-18)13-17(4)21-8-9-25-24(23(21)22)20-11-15(2)10-16(3)12-20;1-7-12(3,4)10(14)9-11(15)13(5,6)8-2;/h6-11,13-14H,5H2,1-4H3;9,14H,7-8H2,1-6H3;/q-1;;/b;10-9-;. The minimum absolute atomic E-state index is 0. The van der Waals surface area contributed by atoms with Gasteiger partial charge in [-0.3, -0.25) is 4.79 Å². The Morgan fingerprint density at radius 2 is 1.56 bits per heavy atom. The van der Waals surface area contributed by atoms with Gasteiger partial charge in [0.2, 0.25) is 0 Å². The monoisotopic (exact) mass is 729 g/mol. The number of aryl methyl sites for hydroxylation is 4. The summed E-state index contributed by atoms with van der Waals surface area (Å²) in [5, 5.41) is 14.9. The molecule has 221 valence electrons. The van der Waals surface area contributed by atoms with Gasteiger partial charge in [-0.05, 0) is 70.6 Å². The summed E-state index contributed by atoms with van der Waals surface area (Å²) in [6, 6.07) is 19.1. The van der Waals surface area contributed by atoms with E-state index in [0.29, 0.717) is 0 Å². The van der Waals surface area contributed by atoms with E-state index >= 15 is 0 Å². The summed E-state index contributed by atoms with van der Waals surface area (Å²) in [6.45, 7) is 20.3. The second kappa shape index (κ2) is 13.9. The van der Waals surface area contributed by atoms with E-state index in [-0.39, 0.29) is 42.5 Å². The zero-order valence-electron chi connectivity index (χ0n) is 26.5. The van der Waals surface area contributed by atoms with Gasteiger partial charge in [-0.25, -0.2) is 0 Å². The number of nitrogens with zero attached hydrogens (tertiary/aromatic N) is 1. The number of aliphatic hydroxyl groups excluding tert-OH is 1. The van der Waals surface area contributed by atoms with Crippen molar-refractivity contribution in [1.82, 2.24) is 4.98 Å². The number of carbonyl (C=O) groups excluding carboxylic acids is 1. The van der Waals surface area contributed by atoms with Crippen LogP contribution in [0.5, 0.6) is 0 Å². The number of benzene rings is 3. The van der Waals surface area contributed by atoms with E-state index in [1.54, 1.807) is 0 Å². The number of ketones is 1. The van der Waals surface area contributed by atoms with Gasteiger partial charge in [-0.15, -0.1) is 34.9 Å². The van der Waals surface area contributed by atoms with E-state index in [1.807, 2.05) is 47.7 Å². The van der Waals surface area contributed by atoms with E-state index in [4.69, 9.17) is 4.98 Å². The zero-order valence-corrected chi connectivity index (χ0v) is 28.8. The molecule has 3 nitrogen and oxygen atoms in total. The molecule has 41 heavy (non-hydrogen) atoms. The van der Waals surface area contributed by atoms with Crippen molar-refractivity contribution in [2.45, 2.75) is 88.5 Å². The smallest absolute Gasteiger partial charge is 0.164 e. The SMILES string of the molecule is CCC(C)(C)C(=O)/C=C(\O)C(C)(C)CC.CCc1ccc2c(c1)cc(C)c1ccnc(-c3[c-]c(C)cc(C)c3)c12.[Ir]. The predicted molar refractivity (Wildman–Crippen MR) is 171 cm³/mol. The Hall–Kier alpha value is -2.81. The van der Waals surface area contributed by atoms with Gasteiger partial charge in [0.05, 0.1) is 0 Å². The van der Waals surface area contributed by atoms with Gasteiger partial charge in [0.25, 0.3) is 0 Å². The van der Waals surface area contributed by atoms with Gasteiger partial charge in [0.15, 0.2) is 5.78 Å². The Bertz CT molecular complexity index is 1540. The molecule has 1 heterocycles. The molecular formula is C37H46IrNO2-. The molecule has 1 radical (unpaired) electrons. The summed E-state index contributed by atoms with van der Waals surface area (Å²) in [4.78, 5) is 16.6. The molecule has 1 aromatic heterocycles. The van der Waals surface area contributed by atoms with Gasteiger partial charge in [-0.2, -0.15) is 0 Å². The fraction of sp³-hybridized carbons (Fsp3) is 0.405. The van der Waals surface area contributed by atoms with Crippen LogP contribution < -0.4 is 0 Å². The van der Waals surface area contributed by atoms with Gasteiger partial charge in [0, 0.05) is 43.2 Å². The first-order chi connectivity index (χ1) is 18.7. The summed E-state index contributed by atoms with van der Waals surface area (Å²) in [6.07, 6.45) is 5.96. The first-order valence-corrected chi connectivity index (χ1v) is 14.5. The minimum Gasteiger partial charge on any atom is -0.512 e. The Labute approximate surface area is 260 Å². The van der Waals surface area contributed by atoms with Crippen molar-refractivity contribution in [3.8, 4) is 11.3 Å². The predicted octanol–water partition coefficient (Wildman–Crippen LogP) is 10.2. The van der Waals surface area contributed by atoms with E-state index in [0.717, 1.165) is 36.1 Å². The van der Waals surface area contributed by atoms with Crippen molar-refractivity contribution in [2.75, 3.05) is 0 Å². The molecule has 1 N–H and O–H groups in total. The Morgan fingerprint density at radius 3 is 2.15 bits per heavy atom. The van der Waals surface area contributed by atoms with Crippen molar-refractivity contribution in [1.29, 1.82) is 0 Å². The van der Waals surface area contributed by atoms with Crippen LogP contribution in [-0.2, 0) is 31.3 Å². The fourth-order valence-electron chi connectivity index (χ4n) is 4.65. The van der Waals surface area contributed by atoms with Gasteiger partial charge < -0.3 is 10.1 Å². The molecule has 0 aliphatic carbocycles. The van der Waals surface area contributed by atoms with Crippen LogP contribution in [0.1, 0.15) is 83.6 Å². The van der Waals surface area contributed by atoms with Gasteiger partial charge in [-0.1, -0.05) is 86.6 Å². The molecule has 4 heteroatoms. The zero-order chi connectivity index (χ0) is 29.8. The summed E-state index contributed by atoms with van der Waals surface area (Å²) < 4.78 is 0. The second-order valence-electron chi connectivity index (χ2n) is 12.3. The Kier molecular flexibility index (Phi) is 11.7. The molecule has 3 aromatic carbocycles. The normalized spacial score (nSPS) is 12.1. The second-order valence-corrected chi connectivity index (χ2v) is 12.3. The molecule has 0 spiro atoms. The van der Waals surface area contributed by atoms with Crippen LogP contribution in [0.2, 0.25) is 0 Å². The first-order valence-electron chi connectivity index (χ1n) is 14.5. The average molecular weight is 729 g/mol. The molecule has 0 aliphatic heterocycles. The van der Waals surface area contributed by atoms with Crippen molar-refractivity contribution in [3.05, 3.63) is 88.8 Å². The maximum absolute atomic E-state index is 11.8. The number of pyridine rings is 1. The molecule has 0 amide bonds. The van der Waals surface area contributed by atoms with E-state index in [1.165, 1.54) is 44.3 Å². The summed E-state index contributed by atoms with van der Waals surface area (Å²) in [5.41, 5.74) is 6.49. The fourth-order valence-corrected chi connectivity index (χ4v) is 4.65. The number of rotatable bonds is 7. The van der Waals surface area contributed by atoms with Gasteiger partial charge in [0.1, 0.15) is 5.76 Å². The molecule has 0 saturated heterocycles. The molecule has 4 rings (SSSR count). The van der Waals surface area contributed by atoms with Gasteiger partial charge >= 0.3 is 0 Å². The topological polar surface area (TPSA) is 50.2 Å². The maximum Gasteiger partial charge on any atom is 0.164 e. The van der Waals surface area contributed by atoms with E-state index < -0.39 is 0 Å². The molecule has 0 aliphatic rings. The van der Waals surface area contributed by atoms with Crippen LogP contribution in [0, 0.1) is 37.7 Å². The number of aliphatic hydroxyl groups is 1. The van der Waals surface area contributed by atoms with Crippen molar-refractivity contribution >= 4 is 27.3 Å². The molecule has 4 aromatic rings. The number of hydrogen-bond acceptors (Lipinski definition) is 3. The van der Waals surface area contributed by atoms with Crippen LogP contribution in [0.15, 0.2) is 60.5 Å². The summed E-state index contributed by atoms with van der Waals surface area (Å²) in [7, 11) is 0.